The lowest BCUT2D eigenvalue weighted by atomic mass is 10.2. The van der Waals surface area contributed by atoms with Gasteiger partial charge in [-0.1, -0.05) is 24.4 Å². The molecule has 5 nitrogen and oxygen atoms in total. The summed E-state index contributed by atoms with van der Waals surface area (Å²) in [5, 5.41) is 7.21. The van der Waals surface area contributed by atoms with Gasteiger partial charge in [-0.25, -0.2) is 9.07 Å². The fraction of sp³-hybridized carbons (Fsp3) is 0.375. The number of benzene rings is 1. The molecule has 1 aromatic carbocycles. The van der Waals surface area contributed by atoms with Gasteiger partial charge in [-0.2, -0.15) is 5.10 Å². The zero-order valence-electron chi connectivity index (χ0n) is 12.5. The van der Waals surface area contributed by atoms with Crippen molar-refractivity contribution in [3.05, 3.63) is 41.3 Å². The first kappa shape index (κ1) is 15.8. The molecule has 1 aliphatic carbocycles. The lowest BCUT2D eigenvalue weighted by molar-refractivity contribution is -0.118. The minimum Gasteiger partial charge on any atom is -0.482 e. The van der Waals surface area contributed by atoms with Crippen LogP contribution in [0.25, 0.3) is 0 Å². The van der Waals surface area contributed by atoms with Crippen LogP contribution in [-0.4, -0.2) is 22.3 Å². The van der Waals surface area contributed by atoms with E-state index in [2.05, 4.69) is 10.4 Å². The third-order valence-electron chi connectivity index (χ3n) is 3.86. The Morgan fingerprint density at radius 1 is 1.39 bits per heavy atom. The number of nitrogens with zero attached hydrogens (tertiary/aromatic N) is 2. The number of carbonyl (C=O) groups is 1. The van der Waals surface area contributed by atoms with Gasteiger partial charge < -0.3 is 10.1 Å². The summed E-state index contributed by atoms with van der Waals surface area (Å²) in [6, 6.07) is 5.88. The van der Waals surface area contributed by atoms with Crippen LogP contribution in [0.15, 0.2) is 30.5 Å². The van der Waals surface area contributed by atoms with Gasteiger partial charge in [0.1, 0.15) is 17.4 Å². The Balaban J connectivity index is 1.58. The van der Waals surface area contributed by atoms with E-state index < -0.39 is 5.82 Å². The molecule has 0 atom stereocenters. The van der Waals surface area contributed by atoms with E-state index in [0.29, 0.717) is 11.9 Å². The molecular formula is C16H17ClFN3O2. The van der Waals surface area contributed by atoms with Gasteiger partial charge in [-0.05, 0) is 31.0 Å². The molecule has 1 amide bonds. The summed E-state index contributed by atoms with van der Waals surface area (Å²) >= 11 is 5.86. The van der Waals surface area contributed by atoms with E-state index in [1.807, 2.05) is 4.68 Å². The smallest absolute Gasteiger partial charge is 0.263 e. The van der Waals surface area contributed by atoms with E-state index in [0.717, 1.165) is 18.9 Å². The second kappa shape index (κ2) is 7.00. The van der Waals surface area contributed by atoms with E-state index >= 15 is 0 Å². The summed E-state index contributed by atoms with van der Waals surface area (Å²) < 4.78 is 20.1. The highest BCUT2D eigenvalue weighted by molar-refractivity contribution is 6.32. The first-order chi connectivity index (χ1) is 11.1. The van der Waals surface area contributed by atoms with Crippen molar-refractivity contribution in [1.29, 1.82) is 0 Å². The topological polar surface area (TPSA) is 56.1 Å². The predicted octanol–water partition coefficient (Wildman–Crippen LogP) is 3.81. The average Bonchev–Trinajstić information content (AvgIpc) is 3.17. The number of hydrogen-bond acceptors (Lipinski definition) is 3. The Morgan fingerprint density at radius 2 is 2.17 bits per heavy atom. The summed E-state index contributed by atoms with van der Waals surface area (Å²) in [5.74, 6) is 0.167. The minimum absolute atomic E-state index is 0.133. The van der Waals surface area contributed by atoms with Crippen LogP contribution in [0.5, 0.6) is 5.75 Å². The molecule has 0 radical (unpaired) electrons. The lowest BCUT2D eigenvalue weighted by Gasteiger charge is -2.15. The maximum Gasteiger partial charge on any atom is 0.263 e. The first-order valence-corrected chi connectivity index (χ1v) is 7.92. The average molecular weight is 338 g/mol. The number of hydrogen-bond donors (Lipinski definition) is 1. The van der Waals surface area contributed by atoms with Crippen molar-refractivity contribution in [1.82, 2.24) is 9.78 Å². The van der Waals surface area contributed by atoms with Gasteiger partial charge in [0.2, 0.25) is 0 Å². The first-order valence-electron chi connectivity index (χ1n) is 7.54. The lowest BCUT2D eigenvalue weighted by Crippen LogP contribution is -2.23. The van der Waals surface area contributed by atoms with Crippen LogP contribution in [0, 0.1) is 5.82 Å². The number of rotatable bonds is 5. The van der Waals surface area contributed by atoms with Gasteiger partial charge in [0.25, 0.3) is 5.91 Å². The largest absolute Gasteiger partial charge is 0.482 e. The minimum atomic E-state index is -0.452. The maximum atomic E-state index is 13.0. The number of amides is 1. The van der Waals surface area contributed by atoms with Gasteiger partial charge >= 0.3 is 0 Å². The van der Waals surface area contributed by atoms with Gasteiger partial charge in [-0.3, -0.25) is 4.79 Å². The highest BCUT2D eigenvalue weighted by atomic mass is 35.5. The Hall–Kier alpha value is -2.08. The summed E-state index contributed by atoms with van der Waals surface area (Å²) in [7, 11) is 0. The van der Waals surface area contributed by atoms with Crippen molar-refractivity contribution in [3.63, 3.8) is 0 Å². The normalized spacial score (nSPS) is 14.9. The molecule has 1 fully saturated rings. The Morgan fingerprint density at radius 3 is 2.91 bits per heavy atom. The number of carbonyl (C=O) groups excluding carboxylic acids is 1. The molecule has 1 saturated carbocycles. The fourth-order valence-corrected chi connectivity index (χ4v) is 2.99. The summed E-state index contributed by atoms with van der Waals surface area (Å²) in [5.41, 5.74) is 0. The van der Waals surface area contributed by atoms with Gasteiger partial charge in [0.15, 0.2) is 6.61 Å². The highest BCUT2D eigenvalue weighted by Gasteiger charge is 2.20. The molecule has 0 spiro atoms. The fourth-order valence-electron chi connectivity index (χ4n) is 2.77. The van der Waals surface area contributed by atoms with Crippen molar-refractivity contribution < 1.29 is 13.9 Å². The molecule has 0 aliphatic heterocycles. The Bertz CT molecular complexity index is 698. The van der Waals surface area contributed by atoms with E-state index in [1.54, 1.807) is 12.3 Å². The monoisotopic (exact) mass is 337 g/mol. The van der Waals surface area contributed by atoms with Crippen molar-refractivity contribution >= 4 is 23.3 Å². The predicted molar refractivity (Wildman–Crippen MR) is 85.3 cm³/mol. The molecule has 0 unspecified atom stereocenters. The number of anilines is 1. The summed E-state index contributed by atoms with van der Waals surface area (Å²) in [6.07, 6.45) is 6.19. The molecule has 3 rings (SSSR count). The molecule has 7 heteroatoms. The standard InChI is InChI=1S/C16H17ClFN3O2/c17-13-9-11(18)5-6-14(13)23-10-16(22)20-15-7-8-19-21(15)12-3-1-2-4-12/h5-9,12H,1-4,10H2,(H,20,22). The zero-order chi connectivity index (χ0) is 16.2. The maximum absolute atomic E-state index is 13.0. The van der Waals surface area contributed by atoms with Gasteiger partial charge in [-0.15, -0.1) is 0 Å². The van der Waals surface area contributed by atoms with E-state index in [-0.39, 0.29) is 23.3 Å². The van der Waals surface area contributed by atoms with Crippen LogP contribution in [0.2, 0.25) is 5.02 Å². The SMILES string of the molecule is O=C(COc1ccc(F)cc1Cl)Nc1ccnn1C1CCCC1. The highest BCUT2D eigenvalue weighted by Crippen LogP contribution is 2.31. The number of halogens is 2. The number of ether oxygens (including phenoxy) is 1. The number of aromatic nitrogens is 2. The number of nitrogens with one attached hydrogen (secondary N) is 1. The molecule has 1 heterocycles. The second-order valence-electron chi connectivity index (χ2n) is 5.51. The van der Waals surface area contributed by atoms with Crippen molar-refractivity contribution in [2.24, 2.45) is 0 Å². The second-order valence-corrected chi connectivity index (χ2v) is 5.92. The van der Waals surface area contributed by atoms with Crippen LogP contribution in [-0.2, 0) is 4.79 Å². The molecule has 122 valence electrons. The van der Waals surface area contributed by atoms with Crippen molar-refractivity contribution in [2.45, 2.75) is 31.7 Å². The molecule has 1 aliphatic rings. The van der Waals surface area contributed by atoms with E-state index in [9.17, 15) is 9.18 Å². The molecule has 1 aromatic heterocycles. The van der Waals surface area contributed by atoms with Crippen LogP contribution < -0.4 is 10.1 Å². The van der Waals surface area contributed by atoms with Crippen LogP contribution in [0.1, 0.15) is 31.7 Å². The summed E-state index contributed by atoms with van der Waals surface area (Å²) in [4.78, 5) is 12.0. The van der Waals surface area contributed by atoms with E-state index in [4.69, 9.17) is 16.3 Å². The van der Waals surface area contributed by atoms with Crippen LogP contribution in [0.4, 0.5) is 10.2 Å². The van der Waals surface area contributed by atoms with Crippen molar-refractivity contribution in [3.8, 4) is 5.75 Å². The molecule has 0 saturated heterocycles. The molecular weight excluding hydrogens is 321 g/mol. The van der Waals surface area contributed by atoms with Crippen LogP contribution in [0.3, 0.4) is 0 Å². The quantitative estimate of drug-likeness (QED) is 0.902. The van der Waals surface area contributed by atoms with Gasteiger partial charge in [0.05, 0.1) is 17.3 Å². The molecule has 23 heavy (non-hydrogen) atoms. The zero-order valence-corrected chi connectivity index (χ0v) is 13.2. The van der Waals surface area contributed by atoms with E-state index in [1.165, 1.54) is 25.0 Å². The Kier molecular flexibility index (Phi) is 4.81. The molecule has 2 aromatic rings. The van der Waals surface area contributed by atoms with Crippen molar-refractivity contribution in [2.75, 3.05) is 11.9 Å². The molecule has 0 bridgehead atoms. The molecule has 1 N–H and O–H groups in total. The third-order valence-corrected chi connectivity index (χ3v) is 4.16. The van der Waals surface area contributed by atoms with Crippen LogP contribution >= 0.6 is 11.6 Å². The third kappa shape index (κ3) is 3.82. The Labute approximate surface area is 138 Å². The summed E-state index contributed by atoms with van der Waals surface area (Å²) in [6.45, 7) is -0.207. The van der Waals surface area contributed by atoms with Gasteiger partial charge in [0, 0.05) is 6.07 Å².